The minimum absolute atomic E-state index is 0.133. The number of hydrogen-bond donors (Lipinski definition) is 1. The molecule has 0 aliphatic carbocycles. The Labute approximate surface area is 165 Å². The predicted molar refractivity (Wildman–Crippen MR) is 106 cm³/mol. The first-order valence-corrected chi connectivity index (χ1v) is 9.30. The molecule has 0 amide bonds. The van der Waals surface area contributed by atoms with Gasteiger partial charge < -0.3 is 9.84 Å². The van der Waals surface area contributed by atoms with E-state index >= 15 is 0 Å². The van der Waals surface area contributed by atoms with Gasteiger partial charge in [0.1, 0.15) is 11.5 Å². The van der Waals surface area contributed by atoms with Crippen LogP contribution in [0, 0.1) is 0 Å². The number of rotatable bonds is 7. The van der Waals surface area contributed by atoms with Gasteiger partial charge in [0.25, 0.3) is 0 Å². The van der Waals surface area contributed by atoms with Crippen LogP contribution in [-0.4, -0.2) is 17.5 Å². The molecule has 0 aromatic heterocycles. The molecular formula is C19H17BrCl2O3. The summed E-state index contributed by atoms with van der Waals surface area (Å²) < 4.78 is 6.20. The van der Waals surface area contributed by atoms with E-state index in [-0.39, 0.29) is 17.1 Å². The zero-order valence-corrected chi connectivity index (χ0v) is 16.7. The van der Waals surface area contributed by atoms with E-state index in [1.807, 2.05) is 0 Å². The standard InChI is InChI=1S/C19H17BrCl2O3/c1-2-3-8-25-19-11-18(24)14(10-15(19)20)17(23)7-5-12-4-6-13(21)9-16(12)22/h4-7,9-11,24H,2-3,8H2,1H3/b7-5+. The quantitative estimate of drug-likeness (QED) is 0.300. The van der Waals surface area contributed by atoms with Gasteiger partial charge in [-0.15, -0.1) is 0 Å². The van der Waals surface area contributed by atoms with Crippen LogP contribution in [0.5, 0.6) is 11.5 Å². The molecule has 0 spiro atoms. The second-order valence-electron chi connectivity index (χ2n) is 5.37. The summed E-state index contributed by atoms with van der Waals surface area (Å²) in [6, 6.07) is 8.00. The highest BCUT2D eigenvalue weighted by atomic mass is 79.9. The summed E-state index contributed by atoms with van der Waals surface area (Å²) in [4.78, 5) is 12.4. The summed E-state index contributed by atoms with van der Waals surface area (Å²) in [5.41, 5.74) is 0.841. The molecule has 0 aliphatic rings. The van der Waals surface area contributed by atoms with Crippen LogP contribution in [0.25, 0.3) is 6.08 Å². The molecule has 6 heteroatoms. The highest BCUT2D eigenvalue weighted by molar-refractivity contribution is 9.10. The fourth-order valence-electron chi connectivity index (χ4n) is 2.07. The molecule has 0 atom stereocenters. The van der Waals surface area contributed by atoms with Gasteiger partial charge in [0, 0.05) is 16.1 Å². The summed E-state index contributed by atoms with van der Waals surface area (Å²) in [6.07, 6.45) is 4.87. The first kappa shape index (κ1) is 19.8. The summed E-state index contributed by atoms with van der Waals surface area (Å²) >= 11 is 15.3. The minimum atomic E-state index is -0.343. The van der Waals surface area contributed by atoms with Gasteiger partial charge in [-0.3, -0.25) is 4.79 Å². The lowest BCUT2D eigenvalue weighted by molar-refractivity contribution is 0.104. The van der Waals surface area contributed by atoms with Crippen molar-refractivity contribution in [2.45, 2.75) is 19.8 Å². The van der Waals surface area contributed by atoms with Crippen LogP contribution in [0.4, 0.5) is 0 Å². The zero-order valence-electron chi connectivity index (χ0n) is 13.6. The molecule has 0 fully saturated rings. The van der Waals surface area contributed by atoms with E-state index in [0.29, 0.717) is 32.4 Å². The van der Waals surface area contributed by atoms with E-state index in [2.05, 4.69) is 22.9 Å². The number of hydrogen-bond acceptors (Lipinski definition) is 3. The Bertz CT molecular complexity index is 803. The first-order chi connectivity index (χ1) is 11.9. The lowest BCUT2D eigenvalue weighted by atomic mass is 10.1. The number of halogens is 3. The van der Waals surface area contributed by atoms with Crippen LogP contribution in [0.2, 0.25) is 10.0 Å². The highest BCUT2D eigenvalue weighted by Crippen LogP contribution is 2.33. The minimum Gasteiger partial charge on any atom is -0.507 e. The number of unbranched alkanes of at least 4 members (excludes halogenated alkanes) is 1. The maximum absolute atomic E-state index is 12.4. The molecule has 132 valence electrons. The molecule has 0 unspecified atom stereocenters. The maximum atomic E-state index is 12.4. The summed E-state index contributed by atoms with van der Waals surface area (Å²) in [5.74, 6) is 0.0306. The largest absolute Gasteiger partial charge is 0.507 e. The molecular weight excluding hydrogens is 427 g/mol. The Morgan fingerprint density at radius 1 is 1.28 bits per heavy atom. The maximum Gasteiger partial charge on any atom is 0.189 e. The van der Waals surface area contributed by atoms with Gasteiger partial charge >= 0.3 is 0 Å². The number of benzene rings is 2. The molecule has 0 heterocycles. The average Bonchev–Trinajstić information content (AvgIpc) is 2.56. The van der Waals surface area contributed by atoms with E-state index in [9.17, 15) is 9.90 Å². The summed E-state index contributed by atoms with van der Waals surface area (Å²) in [5, 5.41) is 11.1. The lowest BCUT2D eigenvalue weighted by Gasteiger charge is -2.10. The van der Waals surface area contributed by atoms with E-state index in [4.69, 9.17) is 27.9 Å². The van der Waals surface area contributed by atoms with Gasteiger partial charge in [-0.05, 0) is 58.3 Å². The molecule has 3 nitrogen and oxygen atoms in total. The van der Waals surface area contributed by atoms with Crippen LogP contribution in [0.15, 0.2) is 40.9 Å². The van der Waals surface area contributed by atoms with E-state index in [1.165, 1.54) is 12.1 Å². The fraction of sp³-hybridized carbons (Fsp3) is 0.211. The molecule has 0 saturated carbocycles. The van der Waals surface area contributed by atoms with Crippen molar-refractivity contribution >= 4 is 51.0 Å². The third-order valence-corrected chi connectivity index (χ3v) is 4.63. The summed E-state index contributed by atoms with van der Waals surface area (Å²) in [6.45, 7) is 2.62. The first-order valence-electron chi connectivity index (χ1n) is 7.75. The van der Waals surface area contributed by atoms with Gasteiger partial charge in [-0.1, -0.05) is 42.6 Å². The SMILES string of the molecule is CCCCOc1cc(O)c(C(=O)/C=C/c2ccc(Cl)cc2Cl)cc1Br. The van der Waals surface area contributed by atoms with Crippen LogP contribution >= 0.6 is 39.1 Å². The second kappa shape index (κ2) is 9.27. The van der Waals surface area contributed by atoms with Gasteiger partial charge in [-0.25, -0.2) is 0 Å². The third kappa shape index (κ3) is 5.50. The van der Waals surface area contributed by atoms with Crippen molar-refractivity contribution < 1.29 is 14.6 Å². The van der Waals surface area contributed by atoms with Crippen LogP contribution in [0.1, 0.15) is 35.7 Å². The lowest BCUT2D eigenvalue weighted by Crippen LogP contribution is -2.00. The number of aromatic hydroxyl groups is 1. The molecule has 2 aromatic rings. The van der Waals surface area contributed by atoms with E-state index < -0.39 is 0 Å². The number of phenolic OH excluding ortho intramolecular Hbond substituents is 1. The van der Waals surface area contributed by atoms with Gasteiger partial charge in [-0.2, -0.15) is 0 Å². The smallest absolute Gasteiger partial charge is 0.189 e. The van der Waals surface area contributed by atoms with Crippen LogP contribution in [0.3, 0.4) is 0 Å². The van der Waals surface area contributed by atoms with E-state index in [1.54, 1.807) is 30.3 Å². The third-order valence-electron chi connectivity index (χ3n) is 3.45. The number of carbonyl (C=O) groups is 1. The number of ketones is 1. The van der Waals surface area contributed by atoms with Gasteiger partial charge in [0.15, 0.2) is 5.78 Å². The number of phenols is 1. The zero-order chi connectivity index (χ0) is 18.4. The molecule has 0 aliphatic heterocycles. The molecule has 0 radical (unpaired) electrons. The molecule has 0 bridgehead atoms. The Hall–Kier alpha value is -1.49. The van der Waals surface area contributed by atoms with Crippen molar-refractivity contribution in [2.24, 2.45) is 0 Å². The monoisotopic (exact) mass is 442 g/mol. The van der Waals surface area contributed by atoms with Gasteiger partial charge in [0.2, 0.25) is 0 Å². The Kier molecular flexibility index (Phi) is 7.36. The van der Waals surface area contributed by atoms with Crippen molar-refractivity contribution in [2.75, 3.05) is 6.61 Å². The number of ether oxygens (including phenoxy) is 1. The Morgan fingerprint density at radius 2 is 2.04 bits per heavy atom. The van der Waals surface area contributed by atoms with Crippen LogP contribution in [-0.2, 0) is 0 Å². The molecule has 1 N–H and O–H groups in total. The highest BCUT2D eigenvalue weighted by Gasteiger charge is 2.13. The molecule has 25 heavy (non-hydrogen) atoms. The normalized spacial score (nSPS) is 11.0. The molecule has 2 rings (SSSR count). The van der Waals surface area contributed by atoms with E-state index in [0.717, 1.165) is 12.8 Å². The van der Waals surface area contributed by atoms with Crippen molar-refractivity contribution in [1.82, 2.24) is 0 Å². The average molecular weight is 444 g/mol. The van der Waals surface area contributed by atoms with Crippen molar-refractivity contribution in [1.29, 1.82) is 0 Å². The van der Waals surface area contributed by atoms with Crippen molar-refractivity contribution in [3.05, 3.63) is 62.1 Å². The Morgan fingerprint density at radius 3 is 2.72 bits per heavy atom. The Balaban J connectivity index is 2.18. The molecule has 2 aromatic carbocycles. The number of allylic oxidation sites excluding steroid dienone is 1. The summed E-state index contributed by atoms with van der Waals surface area (Å²) in [7, 11) is 0. The van der Waals surface area contributed by atoms with Crippen molar-refractivity contribution in [3.8, 4) is 11.5 Å². The van der Waals surface area contributed by atoms with Crippen molar-refractivity contribution in [3.63, 3.8) is 0 Å². The topological polar surface area (TPSA) is 46.5 Å². The fourth-order valence-corrected chi connectivity index (χ4v) is 3.00. The molecule has 0 saturated heterocycles. The second-order valence-corrected chi connectivity index (χ2v) is 7.06. The predicted octanol–water partition coefficient (Wildman–Crippen LogP) is 6.54. The van der Waals surface area contributed by atoms with Gasteiger partial charge in [0.05, 0.1) is 16.6 Å². The number of carbonyl (C=O) groups excluding carboxylic acids is 1. The van der Waals surface area contributed by atoms with Crippen LogP contribution < -0.4 is 4.74 Å².